The first-order valence-electron chi connectivity index (χ1n) is 8.17. The average molecular weight is 340 g/mol. The molecule has 0 radical (unpaired) electrons. The van der Waals surface area contributed by atoms with Crippen LogP contribution in [-0.4, -0.2) is 54.3 Å². The summed E-state index contributed by atoms with van der Waals surface area (Å²) in [7, 11) is 0. The van der Waals surface area contributed by atoms with Crippen molar-refractivity contribution in [3.63, 3.8) is 0 Å². The van der Waals surface area contributed by atoms with Crippen LogP contribution in [0, 0.1) is 5.21 Å². The molecule has 25 heavy (non-hydrogen) atoms. The van der Waals surface area contributed by atoms with E-state index in [-0.39, 0.29) is 11.8 Å². The van der Waals surface area contributed by atoms with E-state index in [4.69, 9.17) is 0 Å². The van der Waals surface area contributed by atoms with Crippen molar-refractivity contribution in [1.82, 2.24) is 9.80 Å². The van der Waals surface area contributed by atoms with Crippen LogP contribution in [0.15, 0.2) is 54.9 Å². The molecule has 2 amide bonds. The largest absolute Gasteiger partial charge is 0.619 e. The highest BCUT2D eigenvalue weighted by atomic mass is 16.5. The maximum atomic E-state index is 12.4. The molecule has 2 heterocycles. The standard InChI is InChI=1S/C18H20N4O3/c23-17(19-16-4-2-1-3-5-16)14-20-10-12-21(13-11-20)18(24)15-6-8-22(25)9-7-15/h1-9H,10-14H2,(H,19,23). The van der Waals surface area contributed by atoms with E-state index >= 15 is 0 Å². The number of piperazine rings is 1. The van der Waals surface area contributed by atoms with E-state index in [0.717, 1.165) is 5.69 Å². The summed E-state index contributed by atoms with van der Waals surface area (Å²) in [6, 6.07) is 12.4. The molecule has 2 aromatic rings. The lowest BCUT2D eigenvalue weighted by Crippen LogP contribution is -2.50. The number of carbonyl (C=O) groups is 2. The molecule has 1 aromatic carbocycles. The first-order chi connectivity index (χ1) is 12.1. The minimum atomic E-state index is -0.0889. The molecule has 1 aromatic heterocycles. The van der Waals surface area contributed by atoms with Crippen LogP contribution in [0.1, 0.15) is 10.4 Å². The van der Waals surface area contributed by atoms with E-state index in [0.29, 0.717) is 43.0 Å². The Labute approximate surface area is 146 Å². The number of carbonyl (C=O) groups excluding carboxylic acids is 2. The molecule has 1 aliphatic heterocycles. The Hall–Kier alpha value is -2.93. The molecule has 0 atom stereocenters. The third-order valence-corrected chi connectivity index (χ3v) is 4.13. The monoisotopic (exact) mass is 340 g/mol. The number of para-hydroxylation sites is 1. The van der Waals surface area contributed by atoms with Gasteiger partial charge in [0.2, 0.25) is 5.91 Å². The predicted molar refractivity (Wildman–Crippen MR) is 92.8 cm³/mol. The molecule has 130 valence electrons. The summed E-state index contributed by atoms with van der Waals surface area (Å²) >= 11 is 0. The minimum absolute atomic E-state index is 0.0611. The number of rotatable bonds is 4. The summed E-state index contributed by atoms with van der Waals surface area (Å²) in [5.41, 5.74) is 1.28. The van der Waals surface area contributed by atoms with Crippen molar-refractivity contribution in [3.8, 4) is 0 Å². The van der Waals surface area contributed by atoms with Gasteiger partial charge in [-0.3, -0.25) is 14.5 Å². The van der Waals surface area contributed by atoms with Gasteiger partial charge in [-0.05, 0) is 12.1 Å². The van der Waals surface area contributed by atoms with Crippen LogP contribution in [0.5, 0.6) is 0 Å². The molecule has 0 saturated carbocycles. The second kappa shape index (κ2) is 7.76. The Bertz CT molecular complexity index is 726. The molecular formula is C18H20N4O3. The van der Waals surface area contributed by atoms with E-state index < -0.39 is 0 Å². The fourth-order valence-corrected chi connectivity index (χ4v) is 2.77. The van der Waals surface area contributed by atoms with Gasteiger partial charge in [-0.15, -0.1) is 0 Å². The van der Waals surface area contributed by atoms with Gasteiger partial charge in [-0.25, -0.2) is 0 Å². The minimum Gasteiger partial charge on any atom is -0.619 e. The van der Waals surface area contributed by atoms with Gasteiger partial charge < -0.3 is 15.4 Å². The highest BCUT2D eigenvalue weighted by Crippen LogP contribution is 2.09. The second-order valence-electron chi connectivity index (χ2n) is 5.93. The van der Waals surface area contributed by atoms with Crippen molar-refractivity contribution in [2.45, 2.75) is 0 Å². The number of pyridine rings is 1. The molecule has 1 N–H and O–H groups in total. The fraction of sp³-hybridized carbons (Fsp3) is 0.278. The van der Waals surface area contributed by atoms with Crippen LogP contribution >= 0.6 is 0 Å². The van der Waals surface area contributed by atoms with Crippen LogP contribution < -0.4 is 10.0 Å². The van der Waals surface area contributed by atoms with E-state index in [2.05, 4.69) is 5.32 Å². The number of hydrogen-bond donors (Lipinski definition) is 1. The molecular weight excluding hydrogens is 320 g/mol. The lowest BCUT2D eigenvalue weighted by molar-refractivity contribution is -0.605. The van der Waals surface area contributed by atoms with Crippen molar-refractivity contribution in [1.29, 1.82) is 0 Å². The van der Waals surface area contributed by atoms with Crippen LogP contribution in [0.25, 0.3) is 0 Å². The van der Waals surface area contributed by atoms with Crippen molar-refractivity contribution >= 4 is 17.5 Å². The fourth-order valence-electron chi connectivity index (χ4n) is 2.77. The Morgan fingerprint density at radius 3 is 2.28 bits per heavy atom. The average Bonchev–Trinajstić information content (AvgIpc) is 2.63. The number of anilines is 1. The van der Waals surface area contributed by atoms with Crippen molar-refractivity contribution in [3.05, 3.63) is 65.6 Å². The summed E-state index contributed by atoms with van der Waals surface area (Å²) in [6.07, 6.45) is 2.63. The summed E-state index contributed by atoms with van der Waals surface area (Å²) in [6.45, 7) is 2.70. The quantitative estimate of drug-likeness (QED) is 0.657. The van der Waals surface area contributed by atoms with E-state index in [1.165, 1.54) is 24.5 Å². The summed E-state index contributed by atoms with van der Waals surface area (Å²) in [5.74, 6) is -0.150. The van der Waals surface area contributed by atoms with Gasteiger partial charge >= 0.3 is 0 Å². The third-order valence-electron chi connectivity index (χ3n) is 4.13. The van der Waals surface area contributed by atoms with Gasteiger partial charge in [0, 0.05) is 44.0 Å². The van der Waals surface area contributed by atoms with Gasteiger partial charge in [0.05, 0.1) is 12.1 Å². The summed E-state index contributed by atoms with van der Waals surface area (Å²) in [4.78, 5) is 28.3. The molecule has 1 fully saturated rings. The highest BCUT2D eigenvalue weighted by molar-refractivity contribution is 5.94. The van der Waals surface area contributed by atoms with Gasteiger partial charge in [0.25, 0.3) is 5.91 Å². The zero-order chi connectivity index (χ0) is 17.6. The Morgan fingerprint density at radius 1 is 1.00 bits per heavy atom. The Kier molecular flexibility index (Phi) is 5.25. The maximum absolute atomic E-state index is 12.4. The van der Waals surface area contributed by atoms with E-state index in [9.17, 15) is 14.8 Å². The zero-order valence-electron chi connectivity index (χ0n) is 13.8. The Morgan fingerprint density at radius 2 is 1.64 bits per heavy atom. The molecule has 1 aliphatic rings. The number of aromatic nitrogens is 1. The first kappa shape index (κ1) is 16.9. The molecule has 0 bridgehead atoms. The molecule has 3 rings (SSSR count). The third kappa shape index (κ3) is 4.54. The molecule has 0 unspecified atom stereocenters. The normalized spacial score (nSPS) is 15.0. The van der Waals surface area contributed by atoms with Crippen molar-refractivity contribution in [2.24, 2.45) is 0 Å². The van der Waals surface area contributed by atoms with Gasteiger partial charge in [-0.2, -0.15) is 4.73 Å². The van der Waals surface area contributed by atoms with Crippen LogP contribution in [0.3, 0.4) is 0 Å². The predicted octanol–water partition coefficient (Wildman–Crippen LogP) is 0.717. The summed E-state index contributed by atoms with van der Waals surface area (Å²) in [5, 5.41) is 13.9. The topological polar surface area (TPSA) is 79.6 Å². The molecule has 0 aliphatic carbocycles. The number of amides is 2. The molecule has 1 saturated heterocycles. The zero-order valence-corrected chi connectivity index (χ0v) is 13.8. The van der Waals surface area contributed by atoms with E-state index in [1.54, 1.807) is 4.90 Å². The molecule has 7 nitrogen and oxygen atoms in total. The number of benzene rings is 1. The smallest absolute Gasteiger partial charge is 0.254 e. The number of hydrogen-bond acceptors (Lipinski definition) is 4. The number of nitrogens with one attached hydrogen (secondary N) is 1. The first-order valence-corrected chi connectivity index (χ1v) is 8.17. The SMILES string of the molecule is O=C(CN1CCN(C(=O)c2cc[n+]([O-])cc2)CC1)Nc1ccccc1. The number of nitrogens with zero attached hydrogens (tertiary/aromatic N) is 3. The van der Waals surface area contributed by atoms with Crippen LogP contribution in [0.4, 0.5) is 5.69 Å². The van der Waals surface area contributed by atoms with E-state index in [1.807, 2.05) is 35.2 Å². The summed E-state index contributed by atoms with van der Waals surface area (Å²) < 4.78 is 0.653. The van der Waals surface area contributed by atoms with Gasteiger partial charge in [0.15, 0.2) is 12.4 Å². The highest BCUT2D eigenvalue weighted by Gasteiger charge is 2.23. The van der Waals surface area contributed by atoms with Crippen LogP contribution in [-0.2, 0) is 4.79 Å². The Balaban J connectivity index is 1.47. The van der Waals surface area contributed by atoms with Gasteiger partial charge in [-0.1, -0.05) is 18.2 Å². The second-order valence-corrected chi connectivity index (χ2v) is 5.93. The van der Waals surface area contributed by atoms with Gasteiger partial charge in [0.1, 0.15) is 0 Å². The molecule has 7 heteroatoms. The maximum Gasteiger partial charge on any atom is 0.254 e. The molecule has 0 spiro atoms. The van der Waals surface area contributed by atoms with Crippen molar-refractivity contribution < 1.29 is 14.3 Å². The van der Waals surface area contributed by atoms with Crippen LogP contribution in [0.2, 0.25) is 0 Å². The lowest BCUT2D eigenvalue weighted by atomic mass is 10.2. The van der Waals surface area contributed by atoms with Crippen molar-refractivity contribution in [2.75, 3.05) is 38.0 Å². The lowest BCUT2D eigenvalue weighted by Gasteiger charge is -2.34.